The quantitative estimate of drug-likeness (QED) is 0.784. The summed E-state index contributed by atoms with van der Waals surface area (Å²) in [6, 6.07) is 7.39. The third kappa shape index (κ3) is 5.39. The molecule has 1 aromatic carbocycles. The van der Waals surface area contributed by atoms with Crippen LogP contribution in [-0.2, 0) is 22.3 Å². The van der Waals surface area contributed by atoms with Gasteiger partial charge < -0.3 is 10.6 Å². The molecular weight excluding hydrogens is 286 g/mol. The van der Waals surface area contributed by atoms with Gasteiger partial charge in [-0.25, -0.2) is 8.42 Å². The van der Waals surface area contributed by atoms with E-state index in [2.05, 4.69) is 0 Å². The second-order valence-electron chi connectivity index (χ2n) is 5.59. The highest BCUT2D eigenvalue weighted by Crippen LogP contribution is 2.15. The highest BCUT2D eigenvalue weighted by atomic mass is 32.2. The molecule has 120 valence electrons. The minimum absolute atomic E-state index is 0.0312. The molecule has 1 rings (SSSR count). The summed E-state index contributed by atoms with van der Waals surface area (Å²) >= 11 is 0. The molecule has 1 atom stereocenters. The van der Waals surface area contributed by atoms with Crippen molar-refractivity contribution in [3.8, 4) is 0 Å². The molecule has 2 N–H and O–H groups in total. The van der Waals surface area contributed by atoms with Gasteiger partial charge in [-0.1, -0.05) is 31.2 Å². The predicted octanol–water partition coefficient (Wildman–Crippen LogP) is 1.25. The zero-order chi connectivity index (χ0) is 16.0. The number of hydrogen-bond donors (Lipinski definition) is 1. The topological polar surface area (TPSA) is 66.6 Å². The second kappa shape index (κ2) is 7.89. The van der Waals surface area contributed by atoms with Crippen molar-refractivity contribution in [1.82, 2.24) is 9.21 Å². The molecule has 0 aliphatic rings. The van der Waals surface area contributed by atoms with Crippen molar-refractivity contribution in [3.05, 3.63) is 35.4 Å². The molecule has 0 bridgehead atoms. The zero-order valence-corrected chi connectivity index (χ0v) is 14.2. The highest BCUT2D eigenvalue weighted by molar-refractivity contribution is 7.88. The number of benzene rings is 1. The van der Waals surface area contributed by atoms with Crippen LogP contribution in [0.2, 0.25) is 0 Å². The minimum atomic E-state index is -3.31. The average molecular weight is 313 g/mol. The molecule has 0 aliphatic heterocycles. The molecule has 0 saturated heterocycles. The molecule has 1 aromatic rings. The smallest absolute Gasteiger partial charge is 0.218 e. The summed E-state index contributed by atoms with van der Waals surface area (Å²) in [5.74, 6) is 0.0312. The Bertz CT molecular complexity index is 526. The van der Waals surface area contributed by atoms with Gasteiger partial charge in [-0.05, 0) is 32.1 Å². The summed E-state index contributed by atoms with van der Waals surface area (Å²) in [5.41, 5.74) is 7.35. The fraction of sp³-hybridized carbons (Fsp3) is 0.600. The Hall–Kier alpha value is -0.950. The lowest BCUT2D eigenvalue weighted by atomic mass is 10.1. The van der Waals surface area contributed by atoms with E-state index in [1.54, 1.807) is 4.31 Å². The van der Waals surface area contributed by atoms with E-state index in [1.165, 1.54) is 0 Å². The molecule has 0 saturated carbocycles. The SMILES string of the molecule is CCN(C(C)CN(C)C)S(=O)(=O)Cc1ccc(CN)cc1. The Morgan fingerprint density at radius 1 is 1.14 bits per heavy atom. The molecule has 1 unspecified atom stereocenters. The van der Waals surface area contributed by atoms with Gasteiger partial charge in [-0.15, -0.1) is 0 Å². The van der Waals surface area contributed by atoms with E-state index < -0.39 is 10.0 Å². The van der Waals surface area contributed by atoms with Gasteiger partial charge in [0.25, 0.3) is 0 Å². The van der Waals surface area contributed by atoms with E-state index in [0.717, 1.165) is 11.1 Å². The lowest BCUT2D eigenvalue weighted by molar-refractivity contribution is 0.271. The maximum absolute atomic E-state index is 12.6. The van der Waals surface area contributed by atoms with Crippen LogP contribution >= 0.6 is 0 Å². The third-order valence-electron chi connectivity index (χ3n) is 3.40. The van der Waals surface area contributed by atoms with Crippen molar-refractivity contribution < 1.29 is 8.42 Å². The molecule has 5 nitrogen and oxygen atoms in total. The van der Waals surface area contributed by atoms with E-state index in [9.17, 15) is 8.42 Å². The van der Waals surface area contributed by atoms with Crippen molar-refractivity contribution in [2.45, 2.75) is 32.2 Å². The monoisotopic (exact) mass is 313 g/mol. The van der Waals surface area contributed by atoms with Crippen LogP contribution in [0.4, 0.5) is 0 Å². The van der Waals surface area contributed by atoms with Crippen molar-refractivity contribution >= 4 is 10.0 Å². The van der Waals surface area contributed by atoms with E-state index in [0.29, 0.717) is 19.6 Å². The molecule has 21 heavy (non-hydrogen) atoms. The van der Waals surface area contributed by atoms with Gasteiger partial charge in [-0.2, -0.15) is 4.31 Å². The molecule has 0 heterocycles. The molecule has 0 spiro atoms. The molecule has 0 fully saturated rings. The lowest BCUT2D eigenvalue weighted by Gasteiger charge is -2.29. The Balaban J connectivity index is 2.86. The van der Waals surface area contributed by atoms with Crippen LogP contribution in [-0.4, -0.2) is 50.8 Å². The van der Waals surface area contributed by atoms with Gasteiger partial charge in [0.15, 0.2) is 0 Å². The standard InChI is InChI=1S/C15H27N3O2S/c1-5-18(13(2)11-17(3)4)21(19,20)12-15-8-6-14(10-16)7-9-15/h6-9,13H,5,10-12,16H2,1-4H3. The lowest BCUT2D eigenvalue weighted by Crippen LogP contribution is -2.44. The van der Waals surface area contributed by atoms with Crippen LogP contribution in [0.15, 0.2) is 24.3 Å². The molecule has 0 radical (unpaired) electrons. The number of rotatable bonds is 8. The first-order valence-corrected chi connectivity index (χ1v) is 8.83. The van der Waals surface area contributed by atoms with E-state index in [1.807, 2.05) is 57.1 Å². The van der Waals surface area contributed by atoms with Crippen molar-refractivity contribution in [1.29, 1.82) is 0 Å². The zero-order valence-electron chi connectivity index (χ0n) is 13.4. The highest BCUT2D eigenvalue weighted by Gasteiger charge is 2.26. The van der Waals surface area contributed by atoms with E-state index in [-0.39, 0.29) is 11.8 Å². The first-order chi connectivity index (χ1) is 9.80. The number of nitrogens with zero attached hydrogens (tertiary/aromatic N) is 2. The summed E-state index contributed by atoms with van der Waals surface area (Å²) in [4.78, 5) is 2.00. The van der Waals surface area contributed by atoms with E-state index in [4.69, 9.17) is 5.73 Å². The Morgan fingerprint density at radius 2 is 1.67 bits per heavy atom. The summed E-state index contributed by atoms with van der Waals surface area (Å²) in [5, 5.41) is 0. The molecule has 0 aromatic heterocycles. The molecule has 0 amide bonds. The number of nitrogens with two attached hydrogens (primary N) is 1. The van der Waals surface area contributed by atoms with Crippen molar-refractivity contribution in [3.63, 3.8) is 0 Å². The predicted molar refractivity (Wildman–Crippen MR) is 87.4 cm³/mol. The normalized spacial score (nSPS) is 13.9. The Labute approximate surface area is 128 Å². The number of sulfonamides is 1. The van der Waals surface area contributed by atoms with E-state index >= 15 is 0 Å². The summed E-state index contributed by atoms with van der Waals surface area (Å²) in [7, 11) is 0.579. The summed E-state index contributed by atoms with van der Waals surface area (Å²) in [6.45, 7) is 5.48. The average Bonchev–Trinajstić information content (AvgIpc) is 2.38. The molecule has 0 aliphatic carbocycles. The fourth-order valence-electron chi connectivity index (χ4n) is 2.47. The number of likely N-dealkylation sites (N-methyl/N-ethyl adjacent to an activating group) is 2. The van der Waals surface area contributed by atoms with Gasteiger partial charge in [0.2, 0.25) is 10.0 Å². The van der Waals surface area contributed by atoms with Crippen LogP contribution in [0.1, 0.15) is 25.0 Å². The fourth-order valence-corrected chi connectivity index (χ4v) is 4.26. The van der Waals surface area contributed by atoms with Crippen molar-refractivity contribution in [2.75, 3.05) is 27.2 Å². The first-order valence-electron chi connectivity index (χ1n) is 7.22. The second-order valence-corrected chi connectivity index (χ2v) is 7.51. The number of hydrogen-bond acceptors (Lipinski definition) is 4. The summed E-state index contributed by atoms with van der Waals surface area (Å²) in [6.07, 6.45) is 0. The summed E-state index contributed by atoms with van der Waals surface area (Å²) < 4.78 is 26.8. The Morgan fingerprint density at radius 3 is 2.10 bits per heavy atom. The third-order valence-corrected chi connectivity index (χ3v) is 5.43. The molecule has 6 heteroatoms. The maximum Gasteiger partial charge on any atom is 0.218 e. The van der Waals surface area contributed by atoms with Gasteiger partial charge in [0.05, 0.1) is 5.75 Å². The van der Waals surface area contributed by atoms with Gasteiger partial charge in [0.1, 0.15) is 0 Å². The van der Waals surface area contributed by atoms with Gasteiger partial charge in [-0.3, -0.25) is 0 Å². The van der Waals surface area contributed by atoms with Crippen LogP contribution in [0.3, 0.4) is 0 Å². The maximum atomic E-state index is 12.6. The van der Waals surface area contributed by atoms with Crippen LogP contribution in [0.25, 0.3) is 0 Å². The Kier molecular flexibility index (Phi) is 6.80. The molecular formula is C15H27N3O2S. The minimum Gasteiger partial charge on any atom is -0.326 e. The van der Waals surface area contributed by atoms with Gasteiger partial charge in [0, 0.05) is 25.7 Å². The largest absolute Gasteiger partial charge is 0.326 e. The first kappa shape index (κ1) is 18.1. The van der Waals surface area contributed by atoms with Crippen molar-refractivity contribution in [2.24, 2.45) is 5.73 Å². The van der Waals surface area contributed by atoms with Gasteiger partial charge >= 0.3 is 0 Å². The van der Waals surface area contributed by atoms with Crippen LogP contribution in [0.5, 0.6) is 0 Å². The van der Waals surface area contributed by atoms with Crippen LogP contribution in [0, 0.1) is 0 Å². The van der Waals surface area contributed by atoms with Crippen LogP contribution < -0.4 is 5.73 Å².